The normalized spacial score (nSPS) is 15.7. The fourth-order valence-corrected chi connectivity index (χ4v) is 2.87. The molecule has 2 rings (SSSR count). The van der Waals surface area contributed by atoms with E-state index in [1.165, 1.54) is 37.3 Å². The van der Waals surface area contributed by atoms with Crippen molar-refractivity contribution in [3.8, 4) is 5.75 Å². The number of rotatable bonds is 7. The average Bonchev–Trinajstić information content (AvgIpc) is 2.67. The van der Waals surface area contributed by atoms with Crippen molar-refractivity contribution in [2.45, 2.75) is 57.8 Å². The number of hydrogen-bond donors (Lipinski definition) is 2. The molecule has 0 spiro atoms. The van der Waals surface area contributed by atoms with Crippen molar-refractivity contribution in [3.05, 3.63) is 35.9 Å². The second-order valence-corrected chi connectivity index (χ2v) is 6.66. The van der Waals surface area contributed by atoms with Crippen LogP contribution in [-0.2, 0) is 14.3 Å². The Hall–Kier alpha value is -2.97. The van der Waals surface area contributed by atoms with Crippen LogP contribution in [0.3, 0.4) is 0 Å². The van der Waals surface area contributed by atoms with E-state index in [1.807, 2.05) is 0 Å². The number of halogens is 2. The highest BCUT2D eigenvalue weighted by atomic mass is 19.3. The molecule has 1 aromatic carbocycles. The van der Waals surface area contributed by atoms with E-state index in [0.29, 0.717) is 5.56 Å². The van der Waals surface area contributed by atoms with E-state index >= 15 is 0 Å². The number of urea groups is 1. The van der Waals surface area contributed by atoms with Crippen LogP contribution in [0.25, 0.3) is 6.08 Å². The van der Waals surface area contributed by atoms with Crippen LogP contribution < -0.4 is 15.4 Å². The van der Waals surface area contributed by atoms with Crippen molar-refractivity contribution in [2.75, 3.05) is 0 Å². The first-order chi connectivity index (χ1) is 13.8. The van der Waals surface area contributed by atoms with E-state index in [1.54, 1.807) is 0 Å². The smallest absolute Gasteiger partial charge is 0.387 e. The molecule has 0 aliphatic heterocycles. The molecule has 29 heavy (non-hydrogen) atoms. The van der Waals surface area contributed by atoms with Gasteiger partial charge in [-0.15, -0.1) is 0 Å². The van der Waals surface area contributed by atoms with E-state index < -0.39 is 30.6 Å². The van der Waals surface area contributed by atoms with Crippen molar-refractivity contribution < 1.29 is 32.6 Å². The zero-order valence-corrected chi connectivity index (χ0v) is 16.0. The summed E-state index contributed by atoms with van der Waals surface area (Å²) >= 11 is 0. The Kier molecular flexibility index (Phi) is 8.57. The number of hydrogen-bond acceptors (Lipinski definition) is 5. The largest absolute Gasteiger partial charge is 0.449 e. The lowest BCUT2D eigenvalue weighted by atomic mass is 9.96. The van der Waals surface area contributed by atoms with Crippen molar-refractivity contribution in [3.63, 3.8) is 0 Å². The standard InChI is InChI=1S/C20H24F2N2O5/c1-13(18(26)24-20(27)23-15-5-3-2-4-6-15)28-17(25)12-9-14-7-10-16(11-8-14)29-19(21)22/h7-13,15,19H,2-6H2,1H3,(H2,23,24,26,27)/b12-9+/t13-/m0/s1. The van der Waals surface area contributed by atoms with Gasteiger partial charge in [-0.3, -0.25) is 10.1 Å². The molecule has 0 radical (unpaired) electrons. The molecular weight excluding hydrogens is 386 g/mol. The van der Waals surface area contributed by atoms with Gasteiger partial charge >= 0.3 is 18.6 Å². The van der Waals surface area contributed by atoms with Crippen molar-refractivity contribution in [1.82, 2.24) is 10.6 Å². The molecule has 1 aliphatic rings. The lowest BCUT2D eigenvalue weighted by molar-refractivity contribution is -0.149. The van der Waals surface area contributed by atoms with Gasteiger partial charge < -0.3 is 14.8 Å². The first-order valence-electron chi connectivity index (χ1n) is 9.38. The number of imide groups is 1. The lowest BCUT2D eigenvalue weighted by Crippen LogP contribution is -2.48. The third-order valence-corrected chi connectivity index (χ3v) is 4.36. The van der Waals surface area contributed by atoms with Crippen LogP contribution in [0.15, 0.2) is 30.3 Å². The SMILES string of the molecule is C[C@H](OC(=O)/C=C/c1ccc(OC(F)F)cc1)C(=O)NC(=O)NC1CCCCC1. The first kappa shape index (κ1) is 22.3. The van der Waals surface area contributed by atoms with E-state index in [-0.39, 0.29) is 11.8 Å². The highest BCUT2D eigenvalue weighted by molar-refractivity contribution is 5.98. The zero-order valence-electron chi connectivity index (χ0n) is 16.0. The molecule has 1 aromatic rings. The fraction of sp³-hybridized carbons (Fsp3) is 0.450. The topological polar surface area (TPSA) is 93.7 Å². The minimum absolute atomic E-state index is 0.00322. The van der Waals surface area contributed by atoms with Gasteiger partial charge in [0.15, 0.2) is 6.10 Å². The van der Waals surface area contributed by atoms with Gasteiger partial charge in [0.25, 0.3) is 5.91 Å². The summed E-state index contributed by atoms with van der Waals surface area (Å²) in [5.41, 5.74) is 0.549. The zero-order chi connectivity index (χ0) is 21.2. The Bertz CT molecular complexity index is 731. The molecule has 3 amide bonds. The van der Waals surface area contributed by atoms with Crippen molar-refractivity contribution >= 4 is 24.0 Å². The molecule has 0 bridgehead atoms. The Morgan fingerprint density at radius 1 is 1.10 bits per heavy atom. The fourth-order valence-electron chi connectivity index (χ4n) is 2.87. The maximum atomic E-state index is 12.1. The maximum absolute atomic E-state index is 12.1. The van der Waals surface area contributed by atoms with E-state index in [0.717, 1.165) is 38.2 Å². The van der Waals surface area contributed by atoms with E-state index in [2.05, 4.69) is 15.4 Å². The van der Waals surface area contributed by atoms with Gasteiger partial charge in [0.05, 0.1) is 0 Å². The molecule has 0 unspecified atom stereocenters. The Morgan fingerprint density at radius 2 is 1.76 bits per heavy atom. The van der Waals surface area contributed by atoms with Gasteiger partial charge in [0, 0.05) is 12.1 Å². The minimum atomic E-state index is -2.91. The summed E-state index contributed by atoms with van der Waals surface area (Å²) in [7, 11) is 0. The number of carbonyl (C=O) groups is 3. The molecule has 1 saturated carbocycles. The first-order valence-corrected chi connectivity index (χ1v) is 9.38. The highest BCUT2D eigenvalue weighted by Crippen LogP contribution is 2.17. The number of nitrogens with one attached hydrogen (secondary N) is 2. The second kappa shape index (κ2) is 11.1. The number of alkyl halides is 2. The predicted octanol–water partition coefficient (Wildman–Crippen LogP) is 3.39. The number of esters is 1. The summed E-state index contributed by atoms with van der Waals surface area (Å²) in [6.07, 6.45) is 6.32. The molecule has 0 heterocycles. The third-order valence-electron chi connectivity index (χ3n) is 4.36. The Morgan fingerprint density at radius 3 is 2.38 bits per heavy atom. The van der Waals surface area contributed by atoms with Crippen molar-refractivity contribution in [2.24, 2.45) is 0 Å². The van der Waals surface area contributed by atoms with Crippen LogP contribution in [0.1, 0.15) is 44.6 Å². The molecule has 1 fully saturated rings. The number of carbonyl (C=O) groups excluding carboxylic acids is 3. The monoisotopic (exact) mass is 410 g/mol. The summed E-state index contributed by atoms with van der Waals surface area (Å²) in [6, 6.07) is 5.07. The molecule has 158 valence electrons. The molecule has 1 atom stereocenters. The number of amides is 3. The van der Waals surface area contributed by atoms with Crippen LogP contribution in [-0.4, -0.2) is 36.7 Å². The lowest BCUT2D eigenvalue weighted by Gasteiger charge is -2.23. The summed E-state index contributed by atoms with van der Waals surface area (Å²) in [5, 5.41) is 4.90. The molecule has 0 aromatic heterocycles. The van der Waals surface area contributed by atoms with Gasteiger partial charge in [0.2, 0.25) is 0 Å². The number of ether oxygens (including phenoxy) is 2. The summed E-state index contributed by atoms with van der Waals surface area (Å²) in [4.78, 5) is 35.7. The average molecular weight is 410 g/mol. The van der Waals surface area contributed by atoms with Crippen molar-refractivity contribution in [1.29, 1.82) is 0 Å². The van der Waals surface area contributed by atoms with Gasteiger partial charge in [-0.2, -0.15) is 8.78 Å². The Labute approximate surface area is 167 Å². The predicted molar refractivity (Wildman–Crippen MR) is 101 cm³/mol. The quantitative estimate of drug-likeness (QED) is 0.531. The molecule has 1 aliphatic carbocycles. The van der Waals surface area contributed by atoms with E-state index in [4.69, 9.17) is 4.74 Å². The molecular formula is C20H24F2N2O5. The minimum Gasteiger partial charge on any atom is -0.449 e. The molecule has 0 saturated heterocycles. The van der Waals surface area contributed by atoms with Gasteiger partial charge in [-0.1, -0.05) is 31.4 Å². The summed E-state index contributed by atoms with van der Waals surface area (Å²) in [5.74, 6) is -1.52. The second-order valence-electron chi connectivity index (χ2n) is 6.66. The van der Waals surface area contributed by atoms with Gasteiger partial charge in [-0.05, 0) is 43.5 Å². The summed E-state index contributed by atoms with van der Waals surface area (Å²) in [6.45, 7) is -1.56. The molecule has 9 heteroatoms. The van der Waals surface area contributed by atoms with Gasteiger partial charge in [0.1, 0.15) is 5.75 Å². The van der Waals surface area contributed by atoms with Crippen LogP contribution in [0, 0.1) is 0 Å². The van der Waals surface area contributed by atoms with Crippen LogP contribution in [0.4, 0.5) is 13.6 Å². The van der Waals surface area contributed by atoms with Crippen LogP contribution >= 0.6 is 0 Å². The third kappa shape index (κ3) is 8.28. The van der Waals surface area contributed by atoms with Gasteiger partial charge in [-0.25, -0.2) is 9.59 Å². The van der Waals surface area contributed by atoms with Crippen LogP contribution in [0.5, 0.6) is 5.75 Å². The number of benzene rings is 1. The van der Waals surface area contributed by atoms with Crippen LogP contribution in [0.2, 0.25) is 0 Å². The Balaban J connectivity index is 1.76. The molecule has 7 nitrogen and oxygen atoms in total. The molecule has 2 N–H and O–H groups in total. The maximum Gasteiger partial charge on any atom is 0.387 e. The van der Waals surface area contributed by atoms with E-state index in [9.17, 15) is 23.2 Å². The summed E-state index contributed by atoms with van der Waals surface area (Å²) < 4.78 is 33.4. The highest BCUT2D eigenvalue weighted by Gasteiger charge is 2.21.